The van der Waals surface area contributed by atoms with Crippen molar-refractivity contribution in [3.05, 3.63) is 59.3 Å². The van der Waals surface area contributed by atoms with Gasteiger partial charge in [0.1, 0.15) is 0 Å². The second-order valence-electron chi connectivity index (χ2n) is 6.61. The van der Waals surface area contributed by atoms with Gasteiger partial charge in [-0.1, -0.05) is 18.2 Å². The number of H-pyrrole nitrogens is 1. The Labute approximate surface area is 144 Å². The van der Waals surface area contributed by atoms with Gasteiger partial charge in [-0.05, 0) is 42.7 Å². The van der Waals surface area contributed by atoms with Gasteiger partial charge in [0.15, 0.2) is 11.5 Å². The van der Waals surface area contributed by atoms with E-state index in [9.17, 15) is 4.79 Å². The third-order valence-electron chi connectivity index (χ3n) is 5.07. The number of carbonyl (C=O) groups is 1. The zero-order valence-electron chi connectivity index (χ0n) is 13.7. The van der Waals surface area contributed by atoms with Gasteiger partial charge in [0.2, 0.25) is 6.79 Å². The summed E-state index contributed by atoms with van der Waals surface area (Å²) in [5, 5.41) is 4.46. The topological polar surface area (TPSA) is 63.4 Å². The molecule has 1 aromatic heterocycles. The molecular formula is C20H18N2O3. The number of ether oxygens (including phenoxy) is 2. The molecule has 5 nitrogen and oxygen atoms in total. The van der Waals surface area contributed by atoms with Gasteiger partial charge in [-0.3, -0.25) is 4.79 Å². The SMILES string of the molecule is O=C(NC1CCc2c([nH]c3ccccc23)C1)c1ccc2c(c1)OCO2. The van der Waals surface area contributed by atoms with E-state index in [-0.39, 0.29) is 18.7 Å². The van der Waals surface area contributed by atoms with E-state index in [1.807, 2.05) is 6.07 Å². The van der Waals surface area contributed by atoms with Gasteiger partial charge in [0, 0.05) is 34.6 Å². The predicted molar refractivity (Wildman–Crippen MR) is 94.1 cm³/mol. The van der Waals surface area contributed by atoms with Crippen molar-refractivity contribution >= 4 is 16.8 Å². The van der Waals surface area contributed by atoms with Gasteiger partial charge < -0.3 is 19.8 Å². The fraction of sp³-hybridized carbons (Fsp3) is 0.250. The van der Waals surface area contributed by atoms with Crippen molar-refractivity contribution in [1.82, 2.24) is 10.3 Å². The Morgan fingerprint density at radius 1 is 1.12 bits per heavy atom. The van der Waals surface area contributed by atoms with Crippen LogP contribution >= 0.6 is 0 Å². The van der Waals surface area contributed by atoms with Crippen LogP contribution in [0.25, 0.3) is 10.9 Å². The molecular weight excluding hydrogens is 316 g/mol. The molecule has 5 rings (SSSR count). The van der Waals surface area contributed by atoms with E-state index >= 15 is 0 Å². The van der Waals surface area contributed by atoms with Gasteiger partial charge in [-0.15, -0.1) is 0 Å². The van der Waals surface area contributed by atoms with E-state index in [4.69, 9.17) is 9.47 Å². The summed E-state index contributed by atoms with van der Waals surface area (Å²) in [4.78, 5) is 16.1. The number of fused-ring (bicyclic) bond motifs is 4. The van der Waals surface area contributed by atoms with Gasteiger partial charge in [0.25, 0.3) is 5.91 Å². The maximum atomic E-state index is 12.6. The average Bonchev–Trinajstić information content (AvgIpc) is 3.24. The summed E-state index contributed by atoms with van der Waals surface area (Å²) in [6.45, 7) is 0.214. The molecule has 5 heteroatoms. The predicted octanol–water partition coefficient (Wildman–Crippen LogP) is 3.18. The van der Waals surface area contributed by atoms with E-state index < -0.39 is 0 Å². The lowest BCUT2D eigenvalue weighted by Crippen LogP contribution is -2.38. The zero-order chi connectivity index (χ0) is 16.8. The summed E-state index contributed by atoms with van der Waals surface area (Å²) in [7, 11) is 0. The van der Waals surface area contributed by atoms with Crippen molar-refractivity contribution in [1.29, 1.82) is 0 Å². The van der Waals surface area contributed by atoms with E-state index in [1.54, 1.807) is 18.2 Å². The zero-order valence-corrected chi connectivity index (χ0v) is 13.7. The summed E-state index contributed by atoms with van der Waals surface area (Å²) in [5.41, 5.74) is 4.41. The maximum Gasteiger partial charge on any atom is 0.251 e. The van der Waals surface area contributed by atoms with E-state index in [2.05, 4.69) is 28.5 Å². The molecule has 126 valence electrons. The van der Waals surface area contributed by atoms with E-state index in [0.717, 1.165) is 19.3 Å². The highest BCUT2D eigenvalue weighted by Crippen LogP contribution is 2.33. The Morgan fingerprint density at radius 2 is 2.00 bits per heavy atom. The second kappa shape index (κ2) is 5.55. The summed E-state index contributed by atoms with van der Waals surface area (Å²) >= 11 is 0. The molecule has 1 atom stereocenters. The molecule has 1 aliphatic heterocycles. The number of amides is 1. The van der Waals surface area contributed by atoms with Crippen molar-refractivity contribution in [2.45, 2.75) is 25.3 Å². The summed E-state index contributed by atoms with van der Waals surface area (Å²) < 4.78 is 10.6. The van der Waals surface area contributed by atoms with Gasteiger partial charge in [0.05, 0.1) is 0 Å². The molecule has 0 spiro atoms. The lowest BCUT2D eigenvalue weighted by Gasteiger charge is -2.23. The van der Waals surface area contributed by atoms with E-state index in [1.165, 1.54) is 22.2 Å². The molecule has 2 aliphatic rings. The minimum Gasteiger partial charge on any atom is -0.454 e. The van der Waals surface area contributed by atoms with Crippen molar-refractivity contribution in [3.63, 3.8) is 0 Å². The molecule has 0 radical (unpaired) electrons. The number of benzene rings is 2. The van der Waals surface area contributed by atoms with Gasteiger partial charge >= 0.3 is 0 Å². The molecule has 0 fully saturated rings. The fourth-order valence-corrected chi connectivity index (χ4v) is 3.81. The normalized spacial score (nSPS) is 18.2. The Balaban J connectivity index is 1.34. The molecule has 2 aromatic carbocycles. The molecule has 3 aromatic rings. The van der Waals surface area contributed by atoms with Crippen molar-refractivity contribution in [3.8, 4) is 11.5 Å². The van der Waals surface area contributed by atoms with E-state index in [0.29, 0.717) is 17.1 Å². The number of carbonyl (C=O) groups excluding carboxylic acids is 1. The second-order valence-corrected chi connectivity index (χ2v) is 6.61. The smallest absolute Gasteiger partial charge is 0.251 e. The highest BCUT2D eigenvalue weighted by Gasteiger charge is 2.24. The van der Waals surface area contributed by atoms with Crippen molar-refractivity contribution in [2.24, 2.45) is 0 Å². The lowest BCUT2D eigenvalue weighted by molar-refractivity contribution is 0.0933. The number of rotatable bonds is 2. The van der Waals surface area contributed by atoms with Crippen LogP contribution in [-0.2, 0) is 12.8 Å². The molecule has 2 N–H and O–H groups in total. The molecule has 2 heterocycles. The summed E-state index contributed by atoms with van der Waals surface area (Å²) in [5.74, 6) is 1.26. The number of aryl methyl sites for hydroxylation is 1. The van der Waals surface area contributed by atoms with Crippen LogP contribution in [0.3, 0.4) is 0 Å². The Bertz CT molecular complexity index is 976. The van der Waals surface area contributed by atoms with Crippen LogP contribution in [0.1, 0.15) is 28.0 Å². The standard InChI is InChI=1S/C20H18N2O3/c23-20(12-5-8-18-19(9-12)25-11-24-18)21-13-6-7-15-14-3-1-2-4-16(14)22-17(15)10-13/h1-5,8-9,13,22H,6-7,10-11H2,(H,21,23). The van der Waals surface area contributed by atoms with Crippen LogP contribution in [0.15, 0.2) is 42.5 Å². The number of aromatic amines is 1. The third-order valence-corrected chi connectivity index (χ3v) is 5.07. The molecule has 1 aliphatic carbocycles. The summed E-state index contributed by atoms with van der Waals surface area (Å²) in [6, 6.07) is 13.8. The molecule has 1 amide bonds. The molecule has 1 unspecified atom stereocenters. The van der Waals surface area contributed by atoms with Crippen LogP contribution in [-0.4, -0.2) is 23.7 Å². The Kier molecular flexibility index (Phi) is 3.20. The number of hydrogen-bond acceptors (Lipinski definition) is 3. The Morgan fingerprint density at radius 3 is 2.96 bits per heavy atom. The quantitative estimate of drug-likeness (QED) is 0.756. The highest BCUT2D eigenvalue weighted by atomic mass is 16.7. The number of hydrogen-bond donors (Lipinski definition) is 2. The van der Waals surface area contributed by atoms with Gasteiger partial charge in [-0.25, -0.2) is 0 Å². The van der Waals surface area contributed by atoms with Crippen LogP contribution in [0.4, 0.5) is 0 Å². The van der Waals surface area contributed by atoms with Crippen molar-refractivity contribution < 1.29 is 14.3 Å². The van der Waals surface area contributed by atoms with Gasteiger partial charge in [-0.2, -0.15) is 0 Å². The molecule has 0 bridgehead atoms. The monoisotopic (exact) mass is 334 g/mol. The van der Waals surface area contributed by atoms with Crippen LogP contribution < -0.4 is 14.8 Å². The largest absolute Gasteiger partial charge is 0.454 e. The molecule has 0 saturated heterocycles. The van der Waals surface area contributed by atoms with Crippen LogP contribution in [0.2, 0.25) is 0 Å². The first-order valence-electron chi connectivity index (χ1n) is 8.57. The first-order chi connectivity index (χ1) is 12.3. The van der Waals surface area contributed by atoms with Crippen molar-refractivity contribution in [2.75, 3.05) is 6.79 Å². The first-order valence-corrected chi connectivity index (χ1v) is 8.57. The maximum absolute atomic E-state index is 12.6. The van der Waals surface area contributed by atoms with Crippen LogP contribution in [0.5, 0.6) is 11.5 Å². The minimum atomic E-state index is -0.0668. The molecule has 0 saturated carbocycles. The highest BCUT2D eigenvalue weighted by molar-refractivity contribution is 5.95. The Hall–Kier alpha value is -2.95. The summed E-state index contributed by atoms with van der Waals surface area (Å²) in [6.07, 6.45) is 2.76. The lowest BCUT2D eigenvalue weighted by atomic mass is 9.91. The average molecular weight is 334 g/mol. The first kappa shape index (κ1) is 14.4. The molecule has 25 heavy (non-hydrogen) atoms. The third kappa shape index (κ3) is 2.43. The van der Waals surface area contributed by atoms with Crippen LogP contribution in [0, 0.1) is 0 Å². The number of nitrogens with one attached hydrogen (secondary N) is 2. The number of para-hydroxylation sites is 1. The number of aromatic nitrogens is 1. The fourth-order valence-electron chi connectivity index (χ4n) is 3.81. The minimum absolute atomic E-state index is 0.0668.